The molecular formula is C16H25FN2O2. The molecule has 0 aliphatic rings. The maximum absolute atomic E-state index is 13.3. The van der Waals surface area contributed by atoms with Crippen LogP contribution in [0.15, 0.2) is 24.3 Å². The maximum atomic E-state index is 13.3. The number of carbonyl (C=O) groups excluding carboxylic acids is 1. The molecule has 0 unspecified atom stereocenters. The van der Waals surface area contributed by atoms with Crippen LogP contribution in [0, 0.1) is 5.82 Å². The van der Waals surface area contributed by atoms with Gasteiger partial charge in [0.05, 0.1) is 6.54 Å². The van der Waals surface area contributed by atoms with Gasteiger partial charge in [0.25, 0.3) is 0 Å². The molecule has 1 rings (SSSR count). The second kappa shape index (κ2) is 7.98. The summed E-state index contributed by atoms with van der Waals surface area (Å²) in [5.41, 5.74) is -0.193. The smallest absolute Gasteiger partial charge is 0.234 e. The molecule has 0 radical (unpaired) electrons. The first-order chi connectivity index (χ1) is 9.84. The van der Waals surface area contributed by atoms with Crippen molar-refractivity contribution in [2.45, 2.75) is 32.7 Å². The highest BCUT2D eigenvalue weighted by molar-refractivity contribution is 5.78. The maximum Gasteiger partial charge on any atom is 0.234 e. The molecule has 0 saturated carbocycles. The number of amides is 1. The molecule has 0 bridgehead atoms. The van der Waals surface area contributed by atoms with Crippen molar-refractivity contribution in [3.8, 4) is 5.75 Å². The van der Waals surface area contributed by atoms with E-state index in [0.717, 1.165) is 6.42 Å². The summed E-state index contributed by atoms with van der Waals surface area (Å²) in [7, 11) is 1.84. The highest BCUT2D eigenvalue weighted by atomic mass is 19.1. The summed E-state index contributed by atoms with van der Waals surface area (Å²) >= 11 is 0. The summed E-state index contributed by atoms with van der Waals surface area (Å²) in [6.45, 7) is 7.20. The van der Waals surface area contributed by atoms with Crippen LogP contribution in [0.5, 0.6) is 5.75 Å². The third-order valence-corrected chi connectivity index (χ3v) is 3.34. The van der Waals surface area contributed by atoms with Gasteiger partial charge in [-0.25, -0.2) is 4.39 Å². The van der Waals surface area contributed by atoms with E-state index in [2.05, 4.69) is 5.32 Å². The van der Waals surface area contributed by atoms with Crippen molar-refractivity contribution in [3.63, 3.8) is 0 Å². The Morgan fingerprint density at radius 2 is 2.05 bits per heavy atom. The van der Waals surface area contributed by atoms with Crippen LogP contribution in [0.3, 0.4) is 0 Å². The number of benzene rings is 1. The topological polar surface area (TPSA) is 41.6 Å². The number of rotatable bonds is 8. The average Bonchev–Trinajstić information content (AvgIpc) is 2.40. The van der Waals surface area contributed by atoms with Crippen LogP contribution in [0.25, 0.3) is 0 Å². The number of nitrogens with zero attached hydrogens (tertiary/aromatic N) is 1. The fraction of sp³-hybridized carbons (Fsp3) is 0.562. The zero-order chi connectivity index (χ0) is 15.9. The number of carbonyl (C=O) groups is 1. The molecule has 0 heterocycles. The van der Waals surface area contributed by atoms with Crippen LogP contribution in [0.1, 0.15) is 27.2 Å². The predicted octanol–water partition coefficient (Wildman–Crippen LogP) is 2.44. The Morgan fingerprint density at radius 1 is 1.38 bits per heavy atom. The summed E-state index contributed by atoms with van der Waals surface area (Å²) in [6.07, 6.45) is 0.874. The van der Waals surface area contributed by atoms with Gasteiger partial charge in [0.2, 0.25) is 5.91 Å². The Kier molecular flexibility index (Phi) is 6.62. The number of para-hydroxylation sites is 1. The predicted molar refractivity (Wildman–Crippen MR) is 81.9 cm³/mol. The Bertz CT molecular complexity index is 463. The molecule has 1 amide bonds. The van der Waals surface area contributed by atoms with E-state index in [-0.39, 0.29) is 23.0 Å². The summed E-state index contributed by atoms with van der Waals surface area (Å²) in [6, 6.07) is 6.29. The molecule has 0 fully saturated rings. The summed E-state index contributed by atoms with van der Waals surface area (Å²) in [4.78, 5) is 13.7. The van der Waals surface area contributed by atoms with Gasteiger partial charge in [-0.15, -0.1) is 0 Å². The van der Waals surface area contributed by atoms with Gasteiger partial charge in [0, 0.05) is 12.1 Å². The first-order valence-corrected chi connectivity index (χ1v) is 7.21. The van der Waals surface area contributed by atoms with Crippen molar-refractivity contribution in [2.24, 2.45) is 0 Å². The molecule has 0 atom stereocenters. The molecule has 0 aromatic heterocycles. The van der Waals surface area contributed by atoms with Crippen molar-refractivity contribution >= 4 is 5.91 Å². The van der Waals surface area contributed by atoms with E-state index >= 15 is 0 Å². The van der Waals surface area contributed by atoms with E-state index in [4.69, 9.17) is 4.74 Å². The lowest BCUT2D eigenvalue weighted by Crippen LogP contribution is -2.47. The average molecular weight is 296 g/mol. The molecule has 4 nitrogen and oxygen atoms in total. The molecular weight excluding hydrogens is 271 g/mol. The van der Waals surface area contributed by atoms with Gasteiger partial charge in [0.1, 0.15) is 6.61 Å². The van der Waals surface area contributed by atoms with E-state index in [1.165, 1.54) is 6.07 Å². The van der Waals surface area contributed by atoms with Crippen molar-refractivity contribution < 1.29 is 13.9 Å². The lowest BCUT2D eigenvalue weighted by Gasteiger charge is -2.26. The van der Waals surface area contributed by atoms with E-state index in [0.29, 0.717) is 19.7 Å². The Hall–Kier alpha value is -1.62. The molecule has 5 heteroatoms. The van der Waals surface area contributed by atoms with Crippen LogP contribution >= 0.6 is 0 Å². The van der Waals surface area contributed by atoms with E-state index < -0.39 is 0 Å². The normalized spacial score (nSPS) is 11.5. The Labute approximate surface area is 126 Å². The van der Waals surface area contributed by atoms with Crippen molar-refractivity contribution in [2.75, 3.05) is 26.7 Å². The van der Waals surface area contributed by atoms with Gasteiger partial charge in [-0.3, -0.25) is 9.69 Å². The third-order valence-electron chi connectivity index (χ3n) is 3.34. The van der Waals surface area contributed by atoms with Crippen molar-refractivity contribution in [1.29, 1.82) is 0 Å². The van der Waals surface area contributed by atoms with Gasteiger partial charge in [0.15, 0.2) is 11.6 Å². The SMILES string of the molecule is CCC(C)(C)NC(=O)CN(C)CCOc1ccccc1F. The number of hydrogen-bond acceptors (Lipinski definition) is 3. The summed E-state index contributed by atoms with van der Waals surface area (Å²) in [5.74, 6) is -0.152. The number of hydrogen-bond donors (Lipinski definition) is 1. The molecule has 21 heavy (non-hydrogen) atoms. The lowest BCUT2D eigenvalue weighted by atomic mass is 10.0. The molecule has 1 aromatic carbocycles. The van der Waals surface area contributed by atoms with Crippen LogP contribution in [-0.2, 0) is 4.79 Å². The van der Waals surface area contributed by atoms with Gasteiger partial charge in [-0.2, -0.15) is 0 Å². The highest BCUT2D eigenvalue weighted by Crippen LogP contribution is 2.14. The number of nitrogens with one attached hydrogen (secondary N) is 1. The fourth-order valence-electron chi connectivity index (χ4n) is 1.70. The fourth-order valence-corrected chi connectivity index (χ4v) is 1.70. The summed E-state index contributed by atoms with van der Waals surface area (Å²) in [5, 5.41) is 2.97. The first-order valence-electron chi connectivity index (χ1n) is 7.21. The van der Waals surface area contributed by atoms with Gasteiger partial charge >= 0.3 is 0 Å². The molecule has 0 saturated heterocycles. The minimum atomic E-state index is -0.373. The minimum absolute atomic E-state index is 0.0183. The molecule has 0 aliphatic heterocycles. The molecule has 1 aromatic rings. The van der Waals surface area contributed by atoms with Crippen molar-refractivity contribution in [1.82, 2.24) is 10.2 Å². The monoisotopic (exact) mass is 296 g/mol. The summed E-state index contributed by atoms with van der Waals surface area (Å²) < 4.78 is 18.7. The quantitative estimate of drug-likeness (QED) is 0.801. The number of ether oxygens (including phenoxy) is 1. The third kappa shape index (κ3) is 6.58. The molecule has 0 spiro atoms. The van der Waals surface area contributed by atoms with Gasteiger partial charge < -0.3 is 10.1 Å². The second-order valence-electron chi connectivity index (χ2n) is 5.80. The minimum Gasteiger partial charge on any atom is -0.489 e. The van der Waals surface area contributed by atoms with Gasteiger partial charge in [-0.05, 0) is 39.4 Å². The number of likely N-dealkylation sites (N-methyl/N-ethyl adjacent to an activating group) is 1. The number of halogens is 1. The van der Waals surface area contributed by atoms with E-state index in [1.54, 1.807) is 18.2 Å². The zero-order valence-electron chi connectivity index (χ0n) is 13.3. The largest absolute Gasteiger partial charge is 0.489 e. The second-order valence-corrected chi connectivity index (χ2v) is 5.80. The Balaban J connectivity index is 2.30. The van der Waals surface area contributed by atoms with Gasteiger partial charge in [-0.1, -0.05) is 19.1 Å². The van der Waals surface area contributed by atoms with Crippen LogP contribution < -0.4 is 10.1 Å². The molecule has 118 valence electrons. The molecule has 1 N–H and O–H groups in total. The zero-order valence-corrected chi connectivity index (χ0v) is 13.3. The highest BCUT2D eigenvalue weighted by Gasteiger charge is 2.18. The van der Waals surface area contributed by atoms with Crippen LogP contribution in [0.4, 0.5) is 4.39 Å². The molecule has 0 aliphatic carbocycles. The van der Waals surface area contributed by atoms with Crippen LogP contribution in [0.2, 0.25) is 0 Å². The lowest BCUT2D eigenvalue weighted by molar-refractivity contribution is -0.123. The van der Waals surface area contributed by atoms with E-state index in [9.17, 15) is 9.18 Å². The van der Waals surface area contributed by atoms with Crippen molar-refractivity contribution in [3.05, 3.63) is 30.1 Å². The van der Waals surface area contributed by atoms with E-state index in [1.807, 2.05) is 32.7 Å². The Morgan fingerprint density at radius 3 is 2.67 bits per heavy atom. The van der Waals surface area contributed by atoms with Crippen LogP contribution in [-0.4, -0.2) is 43.1 Å². The standard InChI is InChI=1S/C16H25FN2O2/c1-5-16(2,3)18-15(20)12-19(4)10-11-21-14-9-7-6-8-13(14)17/h6-9H,5,10-12H2,1-4H3,(H,18,20). The first kappa shape index (κ1) is 17.4.